The first kappa shape index (κ1) is 12.1. The van der Waals surface area contributed by atoms with Gasteiger partial charge in [-0.15, -0.1) is 0 Å². The molecule has 4 nitrogen and oxygen atoms in total. The van der Waals surface area contributed by atoms with E-state index >= 15 is 0 Å². The van der Waals surface area contributed by atoms with E-state index in [0.717, 1.165) is 6.42 Å². The van der Waals surface area contributed by atoms with Crippen molar-refractivity contribution in [2.45, 2.75) is 24.8 Å². The van der Waals surface area contributed by atoms with Crippen LogP contribution in [0.15, 0.2) is 29.3 Å². The summed E-state index contributed by atoms with van der Waals surface area (Å²) in [4.78, 5) is -0.154. The van der Waals surface area contributed by atoms with Crippen molar-refractivity contribution in [3.63, 3.8) is 0 Å². The van der Waals surface area contributed by atoms with E-state index < -0.39 is 15.8 Å². The van der Waals surface area contributed by atoms with E-state index in [9.17, 15) is 12.8 Å². The molecule has 2 rings (SSSR count). The molecule has 0 amide bonds. The SMILES string of the molecule is CCCn1cc(S(N)(=O)=O)c2c(F)cccc21. The molecule has 0 atom stereocenters. The Kier molecular flexibility index (Phi) is 2.92. The molecule has 0 aliphatic carbocycles. The number of benzene rings is 1. The van der Waals surface area contributed by atoms with Gasteiger partial charge in [0.25, 0.3) is 0 Å². The monoisotopic (exact) mass is 256 g/mol. The first-order chi connectivity index (χ1) is 7.95. The average molecular weight is 256 g/mol. The molecule has 1 heterocycles. The van der Waals surface area contributed by atoms with Gasteiger partial charge in [-0.25, -0.2) is 17.9 Å². The molecule has 1 aromatic carbocycles. The molecule has 1 aromatic heterocycles. The minimum Gasteiger partial charge on any atom is -0.346 e. The van der Waals surface area contributed by atoms with Crippen molar-refractivity contribution < 1.29 is 12.8 Å². The van der Waals surface area contributed by atoms with Crippen molar-refractivity contribution in [1.29, 1.82) is 0 Å². The molecule has 0 fully saturated rings. The molecule has 0 saturated carbocycles. The van der Waals surface area contributed by atoms with Crippen LogP contribution >= 0.6 is 0 Å². The minimum absolute atomic E-state index is 0.0726. The Labute approximate surface area is 98.9 Å². The van der Waals surface area contributed by atoms with Gasteiger partial charge in [-0.2, -0.15) is 0 Å². The molecule has 0 saturated heterocycles. The number of hydrogen-bond donors (Lipinski definition) is 1. The number of aryl methyl sites for hydroxylation is 1. The highest BCUT2D eigenvalue weighted by molar-refractivity contribution is 7.89. The largest absolute Gasteiger partial charge is 0.346 e. The summed E-state index contributed by atoms with van der Waals surface area (Å²) in [6.45, 7) is 2.58. The maximum absolute atomic E-state index is 13.7. The Bertz CT molecular complexity index is 661. The predicted molar refractivity (Wildman–Crippen MR) is 63.6 cm³/mol. The molecule has 92 valence electrons. The normalized spacial score (nSPS) is 12.2. The zero-order chi connectivity index (χ0) is 12.6. The van der Waals surface area contributed by atoms with E-state index in [1.807, 2.05) is 6.92 Å². The molecule has 0 spiro atoms. The van der Waals surface area contributed by atoms with Crippen LogP contribution in [-0.2, 0) is 16.6 Å². The van der Waals surface area contributed by atoms with Gasteiger partial charge in [0.15, 0.2) is 0 Å². The van der Waals surface area contributed by atoms with Crippen LogP contribution in [0.5, 0.6) is 0 Å². The molecular formula is C11H13FN2O2S. The third-order valence-electron chi connectivity index (χ3n) is 2.59. The van der Waals surface area contributed by atoms with Crippen LogP contribution in [0.2, 0.25) is 0 Å². The summed E-state index contributed by atoms with van der Waals surface area (Å²) in [5, 5.41) is 5.17. The number of nitrogens with two attached hydrogens (primary N) is 1. The maximum Gasteiger partial charge on any atom is 0.240 e. The number of hydrogen-bond acceptors (Lipinski definition) is 2. The number of nitrogens with zero attached hydrogens (tertiary/aromatic N) is 1. The first-order valence-electron chi connectivity index (χ1n) is 5.25. The molecule has 0 unspecified atom stereocenters. The lowest BCUT2D eigenvalue weighted by molar-refractivity contribution is 0.596. The fourth-order valence-corrected chi connectivity index (χ4v) is 2.67. The van der Waals surface area contributed by atoms with Gasteiger partial charge in [-0.3, -0.25) is 0 Å². The van der Waals surface area contributed by atoms with Crippen LogP contribution < -0.4 is 5.14 Å². The summed E-state index contributed by atoms with van der Waals surface area (Å²) in [5.74, 6) is -0.568. The van der Waals surface area contributed by atoms with Crippen molar-refractivity contribution in [1.82, 2.24) is 4.57 Å². The third kappa shape index (κ3) is 2.05. The van der Waals surface area contributed by atoms with E-state index in [4.69, 9.17) is 5.14 Å². The topological polar surface area (TPSA) is 65.1 Å². The quantitative estimate of drug-likeness (QED) is 0.910. The zero-order valence-corrected chi connectivity index (χ0v) is 10.2. The average Bonchev–Trinajstić information content (AvgIpc) is 2.59. The number of primary sulfonamides is 1. The van der Waals surface area contributed by atoms with Gasteiger partial charge in [-0.1, -0.05) is 13.0 Å². The van der Waals surface area contributed by atoms with E-state index in [1.165, 1.54) is 12.3 Å². The number of halogens is 1. The molecule has 0 radical (unpaired) electrons. The summed E-state index contributed by atoms with van der Waals surface area (Å²) < 4.78 is 38.2. The van der Waals surface area contributed by atoms with Gasteiger partial charge in [0.2, 0.25) is 10.0 Å². The van der Waals surface area contributed by atoms with E-state index in [-0.39, 0.29) is 10.3 Å². The lowest BCUT2D eigenvalue weighted by atomic mass is 10.2. The Balaban J connectivity index is 2.86. The summed E-state index contributed by atoms with van der Waals surface area (Å²) in [6, 6.07) is 4.47. The zero-order valence-electron chi connectivity index (χ0n) is 9.35. The van der Waals surface area contributed by atoms with Gasteiger partial charge >= 0.3 is 0 Å². The number of aromatic nitrogens is 1. The molecule has 0 aliphatic rings. The summed E-state index contributed by atoms with van der Waals surface area (Å²) in [5.41, 5.74) is 0.552. The highest BCUT2D eigenvalue weighted by atomic mass is 32.2. The lowest BCUT2D eigenvalue weighted by Gasteiger charge is -2.01. The lowest BCUT2D eigenvalue weighted by Crippen LogP contribution is -2.12. The van der Waals surface area contributed by atoms with Gasteiger partial charge < -0.3 is 4.57 Å². The van der Waals surface area contributed by atoms with Crippen LogP contribution in [0.1, 0.15) is 13.3 Å². The van der Waals surface area contributed by atoms with Crippen LogP contribution in [0.4, 0.5) is 4.39 Å². The second kappa shape index (κ2) is 4.12. The van der Waals surface area contributed by atoms with Crippen molar-refractivity contribution in [2.24, 2.45) is 5.14 Å². The molecule has 0 bridgehead atoms. The Morgan fingerprint density at radius 1 is 1.41 bits per heavy atom. The van der Waals surface area contributed by atoms with Crippen LogP contribution in [0, 0.1) is 5.82 Å². The van der Waals surface area contributed by atoms with Crippen molar-refractivity contribution in [3.8, 4) is 0 Å². The smallest absolute Gasteiger partial charge is 0.240 e. The standard InChI is InChI=1S/C11H13FN2O2S/c1-2-6-14-7-10(17(13,15)16)11-8(12)4-3-5-9(11)14/h3-5,7H,2,6H2,1H3,(H2,13,15,16). The predicted octanol–water partition coefficient (Wildman–Crippen LogP) is 1.84. The van der Waals surface area contributed by atoms with Gasteiger partial charge in [0, 0.05) is 12.7 Å². The van der Waals surface area contributed by atoms with Crippen LogP contribution in [0.25, 0.3) is 10.9 Å². The molecule has 6 heteroatoms. The van der Waals surface area contributed by atoms with Gasteiger partial charge in [-0.05, 0) is 18.6 Å². The third-order valence-corrected chi connectivity index (χ3v) is 3.51. The van der Waals surface area contributed by atoms with Crippen molar-refractivity contribution >= 4 is 20.9 Å². The van der Waals surface area contributed by atoms with Crippen LogP contribution in [-0.4, -0.2) is 13.0 Å². The number of sulfonamides is 1. The molecule has 0 aliphatic heterocycles. The van der Waals surface area contributed by atoms with Crippen molar-refractivity contribution in [3.05, 3.63) is 30.2 Å². The Hall–Kier alpha value is -1.40. The Morgan fingerprint density at radius 2 is 2.12 bits per heavy atom. The second-order valence-corrected chi connectivity index (χ2v) is 5.40. The number of rotatable bonds is 3. The first-order valence-corrected chi connectivity index (χ1v) is 6.80. The minimum atomic E-state index is -3.91. The molecule has 2 N–H and O–H groups in total. The highest BCUT2D eigenvalue weighted by Gasteiger charge is 2.19. The summed E-state index contributed by atoms with van der Waals surface area (Å²) in [7, 11) is -3.91. The summed E-state index contributed by atoms with van der Waals surface area (Å²) >= 11 is 0. The molecule has 2 aromatic rings. The van der Waals surface area contributed by atoms with E-state index in [0.29, 0.717) is 12.1 Å². The number of fused-ring (bicyclic) bond motifs is 1. The maximum atomic E-state index is 13.7. The fraction of sp³-hybridized carbons (Fsp3) is 0.273. The molecule has 17 heavy (non-hydrogen) atoms. The highest BCUT2D eigenvalue weighted by Crippen LogP contribution is 2.27. The Morgan fingerprint density at radius 3 is 2.71 bits per heavy atom. The summed E-state index contributed by atoms with van der Waals surface area (Å²) in [6.07, 6.45) is 2.22. The van der Waals surface area contributed by atoms with Gasteiger partial charge in [0.05, 0.1) is 10.9 Å². The van der Waals surface area contributed by atoms with Gasteiger partial charge in [0.1, 0.15) is 10.7 Å². The van der Waals surface area contributed by atoms with E-state index in [2.05, 4.69) is 0 Å². The second-order valence-electron chi connectivity index (χ2n) is 3.87. The van der Waals surface area contributed by atoms with E-state index in [1.54, 1.807) is 16.7 Å². The fourth-order valence-electron chi connectivity index (χ4n) is 1.91. The van der Waals surface area contributed by atoms with Crippen molar-refractivity contribution in [2.75, 3.05) is 0 Å². The van der Waals surface area contributed by atoms with Crippen LogP contribution in [0.3, 0.4) is 0 Å². The molecular weight excluding hydrogens is 243 g/mol.